The van der Waals surface area contributed by atoms with E-state index in [0.29, 0.717) is 12.1 Å². The van der Waals surface area contributed by atoms with Gasteiger partial charge in [0.15, 0.2) is 0 Å². The average molecular weight is 413 g/mol. The lowest BCUT2D eigenvalue weighted by molar-refractivity contribution is -0.125. The quantitative estimate of drug-likeness (QED) is 0.386. The van der Waals surface area contributed by atoms with Crippen molar-refractivity contribution >= 4 is 18.9 Å². The number of pyridine rings is 1. The maximum atomic E-state index is 12.7. The van der Waals surface area contributed by atoms with E-state index in [1.165, 1.54) is 13.0 Å². The second-order valence-electron chi connectivity index (χ2n) is 7.62. The van der Waals surface area contributed by atoms with Gasteiger partial charge in [-0.05, 0) is 31.4 Å². The van der Waals surface area contributed by atoms with Crippen molar-refractivity contribution in [3.8, 4) is 11.3 Å². The molecule has 5 N–H and O–H groups in total. The zero-order chi connectivity index (χ0) is 22.3. The van der Waals surface area contributed by atoms with Crippen LogP contribution >= 0.6 is 0 Å². The number of hydrogen-bond acceptors (Lipinski definition) is 6. The zero-order valence-corrected chi connectivity index (χ0v) is 17.3. The Bertz CT molecular complexity index is 846. The molecule has 2 rings (SSSR count). The van der Waals surface area contributed by atoms with Gasteiger partial charge in [0, 0.05) is 5.56 Å². The molecule has 0 aliphatic heterocycles. The first kappa shape index (κ1) is 23.5. The number of aliphatic hydroxyl groups is 1. The first-order valence-corrected chi connectivity index (χ1v) is 9.87. The van der Waals surface area contributed by atoms with Gasteiger partial charge in [0.1, 0.15) is 11.7 Å². The number of nitrogens with one attached hydrogen (secondary N) is 2. The molecular formula is C21H28BN3O5. The van der Waals surface area contributed by atoms with Gasteiger partial charge in [-0.15, -0.1) is 0 Å². The highest BCUT2D eigenvalue weighted by Gasteiger charge is 2.32. The number of nitrogens with zero attached hydrogens (tertiary/aromatic N) is 1. The molecule has 30 heavy (non-hydrogen) atoms. The van der Waals surface area contributed by atoms with Crippen molar-refractivity contribution in [2.45, 2.75) is 45.3 Å². The molecule has 0 aliphatic rings. The summed E-state index contributed by atoms with van der Waals surface area (Å²) in [6, 6.07) is 13.0. The molecule has 0 aliphatic carbocycles. The lowest BCUT2D eigenvalue weighted by Crippen LogP contribution is -2.57. The van der Waals surface area contributed by atoms with Crippen LogP contribution in [0.15, 0.2) is 48.5 Å². The second-order valence-corrected chi connectivity index (χ2v) is 7.62. The van der Waals surface area contributed by atoms with Gasteiger partial charge >= 0.3 is 7.12 Å². The van der Waals surface area contributed by atoms with Crippen molar-refractivity contribution in [3.63, 3.8) is 0 Å². The Morgan fingerprint density at radius 2 is 1.67 bits per heavy atom. The molecule has 1 aromatic carbocycles. The molecule has 2 aromatic rings. The second kappa shape index (κ2) is 10.9. The molecule has 3 atom stereocenters. The Morgan fingerprint density at radius 3 is 2.23 bits per heavy atom. The molecule has 2 amide bonds. The summed E-state index contributed by atoms with van der Waals surface area (Å²) in [4.78, 5) is 29.6. The van der Waals surface area contributed by atoms with Crippen LogP contribution in [0.5, 0.6) is 0 Å². The Morgan fingerprint density at radius 1 is 1.00 bits per heavy atom. The summed E-state index contributed by atoms with van der Waals surface area (Å²) in [5.74, 6) is -2.16. The Hall–Kier alpha value is -2.75. The van der Waals surface area contributed by atoms with Crippen molar-refractivity contribution in [2.75, 3.05) is 0 Å². The number of carbonyl (C=O) groups is 2. The summed E-state index contributed by atoms with van der Waals surface area (Å²) in [6.07, 6.45) is -0.883. The van der Waals surface area contributed by atoms with Crippen molar-refractivity contribution in [2.24, 2.45) is 5.92 Å². The molecule has 0 unspecified atom stereocenters. The highest BCUT2D eigenvalue weighted by atomic mass is 16.4. The third kappa shape index (κ3) is 6.65. The van der Waals surface area contributed by atoms with Gasteiger partial charge in [0.2, 0.25) is 5.91 Å². The van der Waals surface area contributed by atoms with Crippen LogP contribution < -0.4 is 10.6 Å². The fourth-order valence-corrected chi connectivity index (χ4v) is 2.99. The molecule has 0 radical (unpaired) electrons. The standard InChI is InChI=1S/C21H28BN3O5/c1-13(2)12-18(22(29)30)24-21(28)19(14(3)26)25-20(27)17-11-7-10-16(23-17)15-8-5-4-6-9-15/h4-11,13-14,18-19,26,29-30H,12H2,1-3H3,(H,24,28)(H,25,27)/t14-,18+,19-/m1/s1. The van der Waals surface area contributed by atoms with E-state index in [1.807, 2.05) is 44.2 Å². The van der Waals surface area contributed by atoms with Gasteiger partial charge in [-0.2, -0.15) is 0 Å². The number of rotatable bonds is 9. The zero-order valence-electron chi connectivity index (χ0n) is 17.3. The SMILES string of the molecule is CC(C)C[C@H](NC(=O)[C@H](NC(=O)c1cccc(-c2ccccc2)n1)[C@@H](C)O)B(O)O. The van der Waals surface area contributed by atoms with Gasteiger partial charge < -0.3 is 25.8 Å². The van der Waals surface area contributed by atoms with Crippen LogP contribution in [-0.4, -0.2) is 57.2 Å². The van der Waals surface area contributed by atoms with Gasteiger partial charge in [-0.3, -0.25) is 9.59 Å². The summed E-state index contributed by atoms with van der Waals surface area (Å²) in [7, 11) is -1.76. The number of carbonyl (C=O) groups excluding carboxylic acids is 2. The van der Waals surface area contributed by atoms with E-state index in [4.69, 9.17) is 0 Å². The van der Waals surface area contributed by atoms with Crippen LogP contribution in [0.2, 0.25) is 0 Å². The number of aliphatic hydroxyl groups excluding tert-OH is 1. The van der Waals surface area contributed by atoms with Crippen LogP contribution in [0, 0.1) is 5.92 Å². The number of hydrogen-bond donors (Lipinski definition) is 5. The van der Waals surface area contributed by atoms with E-state index < -0.39 is 37.0 Å². The minimum atomic E-state index is -1.76. The van der Waals surface area contributed by atoms with Gasteiger partial charge in [-0.25, -0.2) is 4.98 Å². The smallest absolute Gasteiger partial charge is 0.426 e. The molecule has 0 fully saturated rings. The van der Waals surface area contributed by atoms with Crippen LogP contribution in [0.4, 0.5) is 0 Å². The molecule has 9 heteroatoms. The van der Waals surface area contributed by atoms with E-state index in [2.05, 4.69) is 15.6 Å². The van der Waals surface area contributed by atoms with Crippen molar-refractivity contribution < 1.29 is 24.7 Å². The van der Waals surface area contributed by atoms with Crippen LogP contribution in [-0.2, 0) is 4.79 Å². The third-order valence-electron chi connectivity index (χ3n) is 4.52. The molecular weight excluding hydrogens is 385 g/mol. The largest absolute Gasteiger partial charge is 0.475 e. The molecule has 8 nitrogen and oxygen atoms in total. The van der Waals surface area contributed by atoms with E-state index in [9.17, 15) is 24.7 Å². The minimum Gasteiger partial charge on any atom is -0.426 e. The van der Waals surface area contributed by atoms with E-state index in [1.54, 1.807) is 12.1 Å². The summed E-state index contributed by atoms with van der Waals surface area (Å²) >= 11 is 0. The molecule has 1 heterocycles. The van der Waals surface area contributed by atoms with E-state index in [-0.39, 0.29) is 11.6 Å². The van der Waals surface area contributed by atoms with Crippen LogP contribution in [0.3, 0.4) is 0 Å². The van der Waals surface area contributed by atoms with Gasteiger partial charge in [0.25, 0.3) is 5.91 Å². The Kier molecular flexibility index (Phi) is 8.52. The molecule has 1 aromatic heterocycles. The van der Waals surface area contributed by atoms with E-state index in [0.717, 1.165) is 5.56 Å². The molecule has 160 valence electrons. The van der Waals surface area contributed by atoms with Crippen molar-refractivity contribution in [1.29, 1.82) is 0 Å². The first-order valence-electron chi connectivity index (χ1n) is 9.87. The maximum Gasteiger partial charge on any atom is 0.475 e. The van der Waals surface area contributed by atoms with Gasteiger partial charge in [0.05, 0.1) is 17.7 Å². The normalized spacial score (nSPS) is 14.0. The fourth-order valence-electron chi connectivity index (χ4n) is 2.99. The minimum absolute atomic E-state index is 0.0933. The van der Waals surface area contributed by atoms with Crippen LogP contribution in [0.1, 0.15) is 37.7 Å². The van der Waals surface area contributed by atoms with Crippen molar-refractivity contribution in [1.82, 2.24) is 15.6 Å². The predicted octanol–water partition coefficient (Wildman–Crippen LogP) is 0.771. The van der Waals surface area contributed by atoms with Crippen molar-refractivity contribution in [3.05, 3.63) is 54.2 Å². The topological polar surface area (TPSA) is 132 Å². The molecule has 0 saturated carbocycles. The van der Waals surface area contributed by atoms with Crippen LogP contribution in [0.25, 0.3) is 11.3 Å². The summed E-state index contributed by atoms with van der Waals surface area (Å²) in [5.41, 5.74) is 1.53. The monoisotopic (exact) mass is 413 g/mol. The lowest BCUT2D eigenvalue weighted by atomic mass is 9.75. The number of benzene rings is 1. The molecule has 0 spiro atoms. The first-order chi connectivity index (χ1) is 14.2. The predicted molar refractivity (Wildman–Crippen MR) is 114 cm³/mol. The third-order valence-corrected chi connectivity index (χ3v) is 4.52. The highest BCUT2D eigenvalue weighted by Crippen LogP contribution is 2.16. The molecule has 0 saturated heterocycles. The summed E-state index contributed by atoms with van der Waals surface area (Å²) in [5, 5.41) is 34.0. The highest BCUT2D eigenvalue weighted by molar-refractivity contribution is 6.43. The summed E-state index contributed by atoms with van der Waals surface area (Å²) in [6.45, 7) is 5.12. The molecule has 0 bridgehead atoms. The van der Waals surface area contributed by atoms with E-state index >= 15 is 0 Å². The lowest BCUT2D eigenvalue weighted by Gasteiger charge is -2.25. The maximum absolute atomic E-state index is 12.7. The van der Waals surface area contributed by atoms with Gasteiger partial charge in [-0.1, -0.05) is 50.2 Å². The number of aromatic nitrogens is 1. The Balaban J connectivity index is 2.14. The average Bonchev–Trinajstić information content (AvgIpc) is 2.71. The Labute approximate surface area is 176 Å². The summed E-state index contributed by atoms with van der Waals surface area (Å²) < 4.78 is 0. The number of amides is 2. The fraction of sp³-hybridized carbons (Fsp3) is 0.381.